The minimum absolute atomic E-state index is 0.202. The van der Waals surface area contributed by atoms with Crippen LogP contribution in [0.4, 0.5) is 0 Å². The van der Waals surface area contributed by atoms with Gasteiger partial charge in [-0.3, -0.25) is 0 Å². The average Bonchev–Trinajstić information content (AvgIpc) is 2.86. The lowest BCUT2D eigenvalue weighted by atomic mass is 10.0. The Kier molecular flexibility index (Phi) is 3.47. The Labute approximate surface area is 133 Å². The highest BCUT2D eigenvalue weighted by Crippen LogP contribution is 2.44. The van der Waals surface area contributed by atoms with Crippen LogP contribution in [-0.2, 0) is 0 Å². The maximum atomic E-state index is 9.29. The first-order chi connectivity index (χ1) is 9.63. The molecule has 2 nitrogen and oxygen atoms in total. The van der Waals surface area contributed by atoms with Gasteiger partial charge in [0.2, 0.25) is 5.76 Å². The minimum atomic E-state index is 0.202. The monoisotopic (exact) mass is 365 g/mol. The van der Waals surface area contributed by atoms with E-state index in [0.717, 1.165) is 5.56 Å². The number of hydrogen-bond donors (Lipinski definition) is 0. The van der Waals surface area contributed by atoms with Crippen molar-refractivity contribution in [3.63, 3.8) is 0 Å². The van der Waals surface area contributed by atoms with Crippen molar-refractivity contribution in [3.05, 3.63) is 56.7 Å². The van der Waals surface area contributed by atoms with Gasteiger partial charge in [-0.05, 0) is 27.6 Å². The molecule has 0 atom stereocenters. The summed E-state index contributed by atoms with van der Waals surface area (Å²) < 4.78 is 6.24. The lowest BCUT2D eigenvalue weighted by Crippen LogP contribution is -1.81. The molecule has 2 aromatic carbocycles. The van der Waals surface area contributed by atoms with Crippen LogP contribution in [0.2, 0.25) is 10.0 Å². The Bertz CT molecular complexity index is 850. The van der Waals surface area contributed by atoms with Gasteiger partial charge in [0.1, 0.15) is 6.07 Å². The summed E-state index contributed by atoms with van der Waals surface area (Å²) in [5.74, 6) is 0.202. The van der Waals surface area contributed by atoms with E-state index < -0.39 is 0 Å². The van der Waals surface area contributed by atoms with Gasteiger partial charge in [-0.1, -0.05) is 53.5 Å². The fraction of sp³-hybridized carbons (Fsp3) is 0. The third-order valence-electron chi connectivity index (χ3n) is 2.97. The highest BCUT2D eigenvalue weighted by molar-refractivity contribution is 9.10. The van der Waals surface area contributed by atoms with Gasteiger partial charge >= 0.3 is 0 Å². The average molecular weight is 367 g/mol. The van der Waals surface area contributed by atoms with Crippen LogP contribution in [0, 0.1) is 11.3 Å². The number of hydrogen-bond acceptors (Lipinski definition) is 2. The summed E-state index contributed by atoms with van der Waals surface area (Å²) in [4.78, 5) is 0. The highest BCUT2D eigenvalue weighted by atomic mass is 79.9. The zero-order chi connectivity index (χ0) is 14.3. The topological polar surface area (TPSA) is 36.9 Å². The van der Waals surface area contributed by atoms with Crippen LogP contribution in [0.15, 0.2) is 45.3 Å². The lowest BCUT2D eigenvalue weighted by Gasteiger charge is -2.03. The van der Waals surface area contributed by atoms with E-state index in [9.17, 15) is 5.26 Å². The van der Waals surface area contributed by atoms with E-state index in [2.05, 4.69) is 22.0 Å². The molecule has 0 aliphatic heterocycles. The largest absolute Gasteiger partial charge is 0.443 e. The van der Waals surface area contributed by atoms with Crippen molar-refractivity contribution >= 4 is 50.1 Å². The normalized spacial score (nSPS) is 10.7. The fourth-order valence-electron chi connectivity index (χ4n) is 2.13. The van der Waals surface area contributed by atoms with E-state index in [1.807, 2.05) is 30.3 Å². The van der Waals surface area contributed by atoms with Gasteiger partial charge in [-0.2, -0.15) is 5.26 Å². The van der Waals surface area contributed by atoms with Gasteiger partial charge in [0.25, 0.3) is 0 Å². The first-order valence-corrected chi connectivity index (χ1v) is 7.24. The molecule has 20 heavy (non-hydrogen) atoms. The summed E-state index contributed by atoms with van der Waals surface area (Å²) in [6.45, 7) is 0. The zero-order valence-corrected chi connectivity index (χ0v) is 13.1. The number of furan rings is 1. The van der Waals surface area contributed by atoms with Gasteiger partial charge < -0.3 is 4.42 Å². The summed E-state index contributed by atoms with van der Waals surface area (Å²) in [5.41, 5.74) is 1.95. The SMILES string of the molecule is N#Cc1oc2c(Cl)cc(Br)c(Cl)c2c1-c1ccccc1. The van der Waals surface area contributed by atoms with Crippen LogP contribution in [0.25, 0.3) is 22.1 Å². The van der Waals surface area contributed by atoms with E-state index in [-0.39, 0.29) is 5.76 Å². The zero-order valence-electron chi connectivity index (χ0n) is 9.95. The summed E-state index contributed by atoms with van der Waals surface area (Å²) in [6.07, 6.45) is 0. The minimum Gasteiger partial charge on any atom is -0.443 e. The number of nitrogens with zero attached hydrogens (tertiary/aromatic N) is 1. The van der Waals surface area contributed by atoms with Gasteiger partial charge in [0, 0.05) is 10.0 Å². The summed E-state index contributed by atoms with van der Waals surface area (Å²) >= 11 is 15.9. The molecule has 0 spiro atoms. The predicted molar refractivity (Wildman–Crippen MR) is 84.1 cm³/mol. The molecular formula is C15H6BrCl2NO. The van der Waals surface area contributed by atoms with Crippen molar-refractivity contribution < 1.29 is 4.42 Å². The number of rotatable bonds is 1. The number of nitriles is 1. The molecule has 0 fully saturated rings. The third kappa shape index (κ3) is 2.01. The van der Waals surface area contributed by atoms with Crippen molar-refractivity contribution in [3.8, 4) is 17.2 Å². The standard InChI is InChI=1S/C15H6BrCl2NO/c16-9-6-10(17)15-13(14(9)18)12(11(7-19)20-15)8-4-2-1-3-5-8/h1-6H. The van der Waals surface area contributed by atoms with E-state index in [0.29, 0.717) is 31.1 Å². The molecule has 1 heterocycles. The number of fused-ring (bicyclic) bond motifs is 1. The van der Waals surface area contributed by atoms with E-state index >= 15 is 0 Å². The molecule has 1 aromatic heterocycles. The first kappa shape index (κ1) is 13.5. The maximum Gasteiger partial charge on any atom is 0.212 e. The number of benzene rings is 2. The Morgan fingerprint density at radius 2 is 1.85 bits per heavy atom. The lowest BCUT2D eigenvalue weighted by molar-refractivity contribution is 0.601. The molecule has 3 aromatic rings. The molecule has 0 unspecified atom stereocenters. The Hall–Kier alpha value is -1.47. The predicted octanol–water partition coefficient (Wildman–Crippen LogP) is 6.04. The van der Waals surface area contributed by atoms with Crippen molar-refractivity contribution in [1.82, 2.24) is 0 Å². The molecule has 0 amide bonds. The van der Waals surface area contributed by atoms with Crippen molar-refractivity contribution in [2.75, 3.05) is 0 Å². The Morgan fingerprint density at radius 1 is 1.15 bits per heavy atom. The summed E-state index contributed by atoms with van der Waals surface area (Å²) in [5, 5.41) is 10.8. The molecule has 0 bridgehead atoms. The molecule has 0 saturated heterocycles. The van der Waals surface area contributed by atoms with Crippen LogP contribution in [0.1, 0.15) is 5.76 Å². The van der Waals surface area contributed by atoms with E-state index in [1.165, 1.54) is 0 Å². The molecule has 3 rings (SSSR count). The van der Waals surface area contributed by atoms with Crippen LogP contribution in [0.5, 0.6) is 0 Å². The van der Waals surface area contributed by atoms with Crippen LogP contribution < -0.4 is 0 Å². The van der Waals surface area contributed by atoms with Crippen LogP contribution in [0.3, 0.4) is 0 Å². The molecule has 0 aliphatic rings. The summed E-state index contributed by atoms with van der Waals surface area (Å²) in [6, 6.07) is 13.2. The van der Waals surface area contributed by atoms with Gasteiger partial charge in [0.05, 0.1) is 15.4 Å². The second-order valence-electron chi connectivity index (χ2n) is 4.14. The van der Waals surface area contributed by atoms with E-state index in [1.54, 1.807) is 6.07 Å². The molecule has 0 radical (unpaired) electrons. The van der Waals surface area contributed by atoms with Crippen molar-refractivity contribution in [2.24, 2.45) is 0 Å². The second-order valence-corrected chi connectivity index (χ2v) is 5.78. The molecule has 5 heteroatoms. The maximum absolute atomic E-state index is 9.29. The molecular weight excluding hydrogens is 361 g/mol. The van der Waals surface area contributed by atoms with E-state index in [4.69, 9.17) is 27.6 Å². The smallest absolute Gasteiger partial charge is 0.212 e. The number of halogens is 3. The highest BCUT2D eigenvalue weighted by Gasteiger charge is 2.21. The Morgan fingerprint density at radius 3 is 2.50 bits per heavy atom. The van der Waals surface area contributed by atoms with Crippen molar-refractivity contribution in [1.29, 1.82) is 5.26 Å². The van der Waals surface area contributed by atoms with Gasteiger partial charge in [-0.25, -0.2) is 0 Å². The second kappa shape index (κ2) is 5.14. The summed E-state index contributed by atoms with van der Waals surface area (Å²) in [7, 11) is 0. The molecule has 0 saturated carbocycles. The molecule has 0 aliphatic carbocycles. The third-order valence-corrected chi connectivity index (χ3v) is 4.50. The molecule has 98 valence electrons. The molecule has 0 N–H and O–H groups in total. The van der Waals surface area contributed by atoms with Crippen LogP contribution >= 0.6 is 39.1 Å². The van der Waals surface area contributed by atoms with Gasteiger partial charge in [0.15, 0.2) is 5.58 Å². The van der Waals surface area contributed by atoms with Crippen molar-refractivity contribution in [2.45, 2.75) is 0 Å². The Balaban J connectivity index is 2.51. The first-order valence-electron chi connectivity index (χ1n) is 5.69. The quantitative estimate of drug-likeness (QED) is 0.492. The fourth-order valence-corrected chi connectivity index (χ4v) is 3.16. The van der Waals surface area contributed by atoms with Crippen LogP contribution in [-0.4, -0.2) is 0 Å². The van der Waals surface area contributed by atoms with Gasteiger partial charge in [-0.15, -0.1) is 0 Å².